The molecule has 1 aromatic rings. The van der Waals surface area contributed by atoms with Crippen molar-refractivity contribution in [1.29, 1.82) is 0 Å². The predicted molar refractivity (Wildman–Crippen MR) is 96.2 cm³/mol. The quantitative estimate of drug-likeness (QED) is 0.710. The molecule has 2 rings (SSSR count). The average molecular weight is 315 g/mol. The molecule has 3 heteroatoms. The zero-order valence-corrected chi connectivity index (χ0v) is 14.6. The summed E-state index contributed by atoms with van der Waals surface area (Å²) >= 11 is 0. The third kappa shape index (κ3) is 5.85. The standard InChI is InChI=1S/C20H29NO2/c1-4-22-16-19(15-21-10-12-23-13-11-21)20(14-17(2)3)18-8-6-5-7-9-18/h5-9,14-15,17H,4,10-13,16H2,1-3H3/b19-15-,20-14+. The highest BCUT2D eigenvalue weighted by atomic mass is 16.5. The first-order chi connectivity index (χ1) is 11.2. The number of benzene rings is 1. The predicted octanol–water partition coefficient (Wildman–Crippen LogP) is 3.98. The minimum atomic E-state index is 0.486. The van der Waals surface area contributed by atoms with Gasteiger partial charge >= 0.3 is 0 Å². The summed E-state index contributed by atoms with van der Waals surface area (Å²) in [4.78, 5) is 2.34. The molecule has 0 amide bonds. The maximum atomic E-state index is 5.75. The van der Waals surface area contributed by atoms with Crippen molar-refractivity contribution in [3.8, 4) is 0 Å². The number of hydrogen-bond acceptors (Lipinski definition) is 3. The fraction of sp³-hybridized carbons (Fsp3) is 0.500. The Hall–Kier alpha value is -1.58. The van der Waals surface area contributed by atoms with E-state index in [1.54, 1.807) is 0 Å². The van der Waals surface area contributed by atoms with E-state index in [1.165, 1.54) is 16.7 Å². The average Bonchev–Trinajstić information content (AvgIpc) is 2.58. The van der Waals surface area contributed by atoms with E-state index in [0.29, 0.717) is 12.5 Å². The minimum Gasteiger partial charge on any atom is -0.378 e. The maximum Gasteiger partial charge on any atom is 0.0736 e. The summed E-state index contributed by atoms with van der Waals surface area (Å²) < 4.78 is 11.2. The van der Waals surface area contributed by atoms with Gasteiger partial charge in [0.1, 0.15) is 0 Å². The van der Waals surface area contributed by atoms with E-state index in [9.17, 15) is 0 Å². The highest BCUT2D eigenvalue weighted by Gasteiger charge is 2.13. The first-order valence-corrected chi connectivity index (χ1v) is 8.58. The number of ether oxygens (including phenoxy) is 2. The van der Waals surface area contributed by atoms with Crippen molar-refractivity contribution in [3.63, 3.8) is 0 Å². The number of rotatable bonds is 7. The van der Waals surface area contributed by atoms with Gasteiger partial charge in [0, 0.05) is 31.5 Å². The van der Waals surface area contributed by atoms with Gasteiger partial charge in [0.05, 0.1) is 19.8 Å². The first kappa shape index (κ1) is 17.8. The lowest BCUT2D eigenvalue weighted by Gasteiger charge is -2.27. The van der Waals surface area contributed by atoms with E-state index in [-0.39, 0.29) is 0 Å². The summed E-state index contributed by atoms with van der Waals surface area (Å²) in [6.45, 7) is 11.3. The van der Waals surface area contributed by atoms with Gasteiger partial charge < -0.3 is 14.4 Å². The Kier molecular flexibility index (Phi) is 7.37. The largest absolute Gasteiger partial charge is 0.378 e. The molecule has 0 saturated carbocycles. The van der Waals surface area contributed by atoms with E-state index < -0.39 is 0 Å². The van der Waals surface area contributed by atoms with Crippen LogP contribution in [0.3, 0.4) is 0 Å². The summed E-state index contributed by atoms with van der Waals surface area (Å²) in [5.41, 5.74) is 3.77. The summed E-state index contributed by atoms with van der Waals surface area (Å²) in [6.07, 6.45) is 4.60. The number of nitrogens with zero attached hydrogens (tertiary/aromatic N) is 1. The molecule has 0 atom stereocenters. The van der Waals surface area contributed by atoms with Gasteiger partial charge in [-0.15, -0.1) is 0 Å². The maximum absolute atomic E-state index is 5.75. The molecule has 0 aromatic heterocycles. The smallest absolute Gasteiger partial charge is 0.0736 e. The molecule has 0 aliphatic carbocycles. The summed E-state index contributed by atoms with van der Waals surface area (Å²) in [5.74, 6) is 0.486. The van der Waals surface area contributed by atoms with E-state index in [4.69, 9.17) is 9.47 Å². The Bertz CT molecular complexity index is 514. The molecule has 0 spiro atoms. The van der Waals surface area contributed by atoms with Crippen molar-refractivity contribution in [2.24, 2.45) is 5.92 Å². The van der Waals surface area contributed by atoms with Gasteiger partial charge in [-0.2, -0.15) is 0 Å². The number of hydrogen-bond donors (Lipinski definition) is 0. The zero-order chi connectivity index (χ0) is 16.5. The highest BCUT2D eigenvalue weighted by molar-refractivity contribution is 5.79. The molecule has 1 aliphatic heterocycles. The Labute approximate surface area is 140 Å². The van der Waals surface area contributed by atoms with Crippen LogP contribution >= 0.6 is 0 Å². The molecule has 1 heterocycles. The van der Waals surface area contributed by atoms with Crippen LogP contribution in [-0.2, 0) is 9.47 Å². The van der Waals surface area contributed by atoms with Crippen molar-refractivity contribution < 1.29 is 9.47 Å². The molecule has 1 aliphatic rings. The second-order valence-corrected chi connectivity index (χ2v) is 6.13. The van der Waals surface area contributed by atoms with Crippen LogP contribution in [0.1, 0.15) is 26.3 Å². The molecule has 23 heavy (non-hydrogen) atoms. The van der Waals surface area contributed by atoms with Crippen LogP contribution in [0.4, 0.5) is 0 Å². The third-order valence-electron chi connectivity index (χ3n) is 3.78. The molecule has 1 saturated heterocycles. The fourth-order valence-electron chi connectivity index (χ4n) is 2.66. The van der Waals surface area contributed by atoms with Crippen LogP contribution in [0, 0.1) is 5.92 Å². The molecule has 126 valence electrons. The van der Waals surface area contributed by atoms with Crippen molar-refractivity contribution in [3.05, 3.63) is 53.7 Å². The lowest BCUT2D eigenvalue weighted by Crippen LogP contribution is -2.32. The monoisotopic (exact) mass is 315 g/mol. The third-order valence-corrected chi connectivity index (χ3v) is 3.78. The summed E-state index contributed by atoms with van der Waals surface area (Å²) in [5, 5.41) is 0. The molecule has 0 N–H and O–H groups in total. The summed E-state index contributed by atoms with van der Waals surface area (Å²) in [7, 11) is 0. The molecule has 1 aromatic carbocycles. The van der Waals surface area contributed by atoms with Gasteiger partial charge in [-0.1, -0.05) is 50.3 Å². The second-order valence-electron chi connectivity index (χ2n) is 6.13. The molecule has 0 radical (unpaired) electrons. The van der Waals surface area contributed by atoms with Crippen molar-refractivity contribution in [2.45, 2.75) is 20.8 Å². The summed E-state index contributed by atoms with van der Waals surface area (Å²) in [6, 6.07) is 10.6. The van der Waals surface area contributed by atoms with Crippen molar-refractivity contribution in [2.75, 3.05) is 39.5 Å². The Morgan fingerprint density at radius 3 is 2.52 bits per heavy atom. The fourth-order valence-corrected chi connectivity index (χ4v) is 2.66. The van der Waals surface area contributed by atoms with E-state index >= 15 is 0 Å². The van der Waals surface area contributed by atoms with Crippen molar-refractivity contribution >= 4 is 5.57 Å². The van der Waals surface area contributed by atoms with Crippen LogP contribution in [0.2, 0.25) is 0 Å². The van der Waals surface area contributed by atoms with Crippen LogP contribution < -0.4 is 0 Å². The van der Waals surface area contributed by atoms with Crippen LogP contribution in [0.5, 0.6) is 0 Å². The first-order valence-electron chi connectivity index (χ1n) is 8.58. The minimum absolute atomic E-state index is 0.486. The number of allylic oxidation sites excluding steroid dienone is 1. The lowest BCUT2D eigenvalue weighted by molar-refractivity contribution is 0.0585. The normalized spacial score (nSPS) is 17.0. The second kappa shape index (κ2) is 9.53. The zero-order valence-electron chi connectivity index (χ0n) is 14.6. The van der Waals surface area contributed by atoms with Gasteiger partial charge in [0.2, 0.25) is 0 Å². The lowest BCUT2D eigenvalue weighted by atomic mass is 9.95. The molecule has 3 nitrogen and oxygen atoms in total. The van der Waals surface area contributed by atoms with Gasteiger partial charge in [0.25, 0.3) is 0 Å². The Morgan fingerprint density at radius 2 is 1.91 bits per heavy atom. The van der Waals surface area contributed by atoms with Gasteiger partial charge in [0.15, 0.2) is 0 Å². The number of morpholine rings is 1. The molecule has 1 fully saturated rings. The SMILES string of the molecule is CCOCC(=C/N1CCOCC1)/C(=C/C(C)C)c1ccccc1. The Morgan fingerprint density at radius 1 is 1.22 bits per heavy atom. The van der Waals surface area contributed by atoms with Gasteiger partial charge in [-0.3, -0.25) is 0 Å². The van der Waals surface area contributed by atoms with E-state index in [1.807, 2.05) is 6.92 Å². The molecule has 0 bridgehead atoms. The highest BCUT2D eigenvalue weighted by Crippen LogP contribution is 2.26. The molecule has 0 unspecified atom stereocenters. The topological polar surface area (TPSA) is 21.7 Å². The van der Waals surface area contributed by atoms with E-state index in [2.05, 4.69) is 61.4 Å². The van der Waals surface area contributed by atoms with Crippen LogP contribution in [-0.4, -0.2) is 44.4 Å². The van der Waals surface area contributed by atoms with E-state index in [0.717, 1.165) is 32.9 Å². The van der Waals surface area contributed by atoms with Crippen LogP contribution in [0.25, 0.3) is 5.57 Å². The van der Waals surface area contributed by atoms with Crippen molar-refractivity contribution in [1.82, 2.24) is 4.90 Å². The molecular formula is C20H29NO2. The molecular weight excluding hydrogens is 286 g/mol. The Balaban J connectivity index is 2.33. The van der Waals surface area contributed by atoms with Gasteiger partial charge in [-0.05, 0) is 24.0 Å². The van der Waals surface area contributed by atoms with Crippen LogP contribution in [0.15, 0.2) is 48.2 Å². The van der Waals surface area contributed by atoms with Gasteiger partial charge in [-0.25, -0.2) is 0 Å².